The molecule has 7 N–H and O–H groups in total. The zero-order chi connectivity index (χ0) is 33.1. The minimum Gasteiger partial charge on any atom is -0.508 e. The summed E-state index contributed by atoms with van der Waals surface area (Å²) in [5.74, 6) is -4.09. The van der Waals surface area contributed by atoms with Gasteiger partial charge in [-0.3, -0.25) is 24.5 Å². The minimum absolute atomic E-state index is 0.0269. The van der Waals surface area contributed by atoms with Crippen molar-refractivity contribution in [2.24, 2.45) is 0 Å². The molecule has 3 aromatic rings. The fraction of sp³-hybridized carbons (Fsp3) is 0.303. The van der Waals surface area contributed by atoms with Gasteiger partial charge >= 0.3 is 11.9 Å². The normalized spacial score (nSPS) is 13.1. The first-order chi connectivity index (χ1) is 21.2. The first-order valence-corrected chi connectivity index (χ1v) is 14.3. The van der Waals surface area contributed by atoms with Crippen molar-refractivity contribution >= 4 is 35.3 Å². The molecule has 3 amide bonds. The van der Waals surface area contributed by atoms with E-state index < -0.39 is 53.3 Å². The Morgan fingerprint density at radius 3 is 1.98 bits per heavy atom. The molecule has 238 valence electrons. The number of carboxylic acid groups (broad SMARTS) is 2. The number of nitrogens with one attached hydrogen (secondary N) is 4. The number of aromatic carboxylic acids is 1. The van der Waals surface area contributed by atoms with Crippen LogP contribution in [0.5, 0.6) is 5.75 Å². The zero-order valence-corrected chi connectivity index (χ0v) is 25.2. The van der Waals surface area contributed by atoms with Gasteiger partial charge in [0, 0.05) is 12.1 Å². The van der Waals surface area contributed by atoms with Crippen molar-refractivity contribution in [3.05, 3.63) is 95.6 Å². The van der Waals surface area contributed by atoms with Crippen molar-refractivity contribution in [1.82, 2.24) is 16.0 Å². The largest absolute Gasteiger partial charge is 0.508 e. The number of carboxylic acids is 2. The Bertz CT molecular complexity index is 1490. The molecule has 0 aliphatic rings. The molecular formula is C33H38N4O8. The quantitative estimate of drug-likeness (QED) is 0.134. The molecule has 3 aromatic carbocycles. The van der Waals surface area contributed by atoms with E-state index in [0.717, 1.165) is 5.56 Å². The average molecular weight is 619 g/mol. The Kier molecular flexibility index (Phi) is 11.8. The third-order valence-electron chi connectivity index (χ3n) is 7.11. The number of carbonyl (C=O) groups excluding carboxylic acids is 3. The smallest absolute Gasteiger partial charge is 0.335 e. The van der Waals surface area contributed by atoms with Crippen LogP contribution in [0.4, 0.5) is 5.69 Å². The van der Waals surface area contributed by atoms with Crippen LogP contribution >= 0.6 is 0 Å². The average Bonchev–Trinajstić information content (AvgIpc) is 3.00. The lowest BCUT2D eigenvalue weighted by Crippen LogP contribution is -2.61. The van der Waals surface area contributed by atoms with Crippen LogP contribution in [0.25, 0.3) is 0 Å². The van der Waals surface area contributed by atoms with Crippen molar-refractivity contribution in [1.29, 1.82) is 0 Å². The second kappa shape index (κ2) is 15.5. The van der Waals surface area contributed by atoms with Crippen LogP contribution in [0.3, 0.4) is 0 Å². The van der Waals surface area contributed by atoms with Crippen molar-refractivity contribution in [3.8, 4) is 5.75 Å². The maximum Gasteiger partial charge on any atom is 0.335 e. The molecule has 0 aliphatic heterocycles. The van der Waals surface area contributed by atoms with Gasteiger partial charge in [-0.1, -0.05) is 42.5 Å². The summed E-state index contributed by atoms with van der Waals surface area (Å²) in [6.07, 6.45) is 0.768. The van der Waals surface area contributed by atoms with Gasteiger partial charge in [0.05, 0.1) is 11.6 Å². The number of aliphatic carboxylic acids is 1. The highest BCUT2D eigenvalue weighted by Crippen LogP contribution is 2.15. The fourth-order valence-electron chi connectivity index (χ4n) is 4.43. The third kappa shape index (κ3) is 10.5. The van der Waals surface area contributed by atoms with E-state index in [-0.39, 0.29) is 24.2 Å². The molecule has 0 bridgehead atoms. The topological polar surface area (TPSA) is 194 Å². The molecule has 3 atom stereocenters. The number of rotatable bonds is 15. The van der Waals surface area contributed by atoms with Gasteiger partial charge < -0.3 is 31.3 Å². The van der Waals surface area contributed by atoms with Crippen LogP contribution in [0, 0.1) is 0 Å². The first-order valence-electron chi connectivity index (χ1n) is 14.3. The van der Waals surface area contributed by atoms with Crippen LogP contribution in [0.15, 0.2) is 78.9 Å². The van der Waals surface area contributed by atoms with Crippen molar-refractivity contribution < 1.29 is 39.3 Å². The van der Waals surface area contributed by atoms with Gasteiger partial charge in [-0.25, -0.2) is 4.79 Å². The molecule has 12 heteroatoms. The predicted molar refractivity (Wildman–Crippen MR) is 167 cm³/mol. The lowest BCUT2D eigenvalue weighted by atomic mass is 10.00. The lowest BCUT2D eigenvalue weighted by molar-refractivity contribution is -0.140. The van der Waals surface area contributed by atoms with E-state index in [1.165, 1.54) is 57.2 Å². The van der Waals surface area contributed by atoms with Crippen molar-refractivity contribution in [2.75, 3.05) is 5.32 Å². The molecular weight excluding hydrogens is 580 g/mol. The van der Waals surface area contributed by atoms with Gasteiger partial charge in [-0.15, -0.1) is 0 Å². The fourth-order valence-corrected chi connectivity index (χ4v) is 4.43. The van der Waals surface area contributed by atoms with Crippen molar-refractivity contribution in [2.45, 2.75) is 63.7 Å². The Morgan fingerprint density at radius 2 is 1.40 bits per heavy atom. The van der Waals surface area contributed by atoms with E-state index in [4.69, 9.17) is 5.11 Å². The van der Waals surface area contributed by atoms with Gasteiger partial charge in [0.1, 0.15) is 23.4 Å². The Morgan fingerprint density at radius 1 is 0.778 bits per heavy atom. The molecule has 0 saturated carbocycles. The van der Waals surface area contributed by atoms with E-state index >= 15 is 0 Å². The number of benzene rings is 3. The molecule has 0 fully saturated rings. The van der Waals surface area contributed by atoms with Crippen LogP contribution < -0.4 is 21.3 Å². The lowest BCUT2D eigenvalue weighted by Gasteiger charge is -2.30. The molecule has 3 rings (SSSR count). The summed E-state index contributed by atoms with van der Waals surface area (Å²) in [5.41, 5.74) is 0.427. The number of anilines is 1. The molecule has 12 nitrogen and oxygen atoms in total. The van der Waals surface area contributed by atoms with E-state index in [1.807, 2.05) is 30.3 Å². The molecule has 0 aliphatic carbocycles. The van der Waals surface area contributed by atoms with E-state index in [0.29, 0.717) is 17.7 Å². The molecule has 0 aromatic heterocycles. The number of phenols is 1. The van der Waals surface area contributed by atoms with Crippen LogP contribution in [0.1, 0.15) is 48.7 Å². The summed E-state index contributed by atoms with van der Waals surface area (Å²) in [7, 11) is 0. The van der Waals surface area contributed by atoms with Crippen LogP contribution in [0.2, 0.25) is 0 Å². The Labute approximate surface area is 260 Å². The monoisotopic (exact) mass is 618 g/mol. The predicted octanol–water partition coefficient (Wildman–Crippen LogP) is 2.72. The summed E-state index contributed by atoms with van der Waals surface area (Å²) >= 11 is 0. The van der Waals surface area contributed by atoms with Gasteiger partial charge in [0.25, 0.3) is 0 Å². The number of aryl methyl sites for hydroxylation is 1. The van der Waals surface area contributed by atoms with Crippen LogP contribution in [-0.4, -0.2) is 68.6 Å². The maximum atomic E-state index is 13.4. The number of phenolic OH excluding ortho intramolecular Hbond substituents is 1. The maximum absolute atomic E-state index is 13.4. The highest BCUT2D eigenvalue weighted by molar-refractivity contribution is 6.00. The number of carbonyl (C=O) groups is 5. The van der Waals surface area contributed by atoms with Gasteiger partial charge in [0.15, 0.2) is 0 Å². The second-order valence-electron chi connectivity index (χ2n) is 11.2. The number of aromatic hydroxyl groups is 1. The summed E-state index contributed by atoms with van der Waals surface area (Å²) in [4.78, 5) is 62.8. The number of amides is 3. The summed E-state index contributed by atoms with van der Waals surface area (Å²) in [6.45, 7) is 4.41. The van der Waals surface area contributed by atoms with Gasteiger partial charge in [0.2, 0.25) is 17.7 Å². The Hall–Kier alpha value is -5.23. The highest BCUT2D eigenvalue weighted by atomic mass is 16.4. The second-order valence-corrected chi connectivity index (χ2v) is 11.2. The third-order valence-corrected chi connectivity index (χ3v) is 7.11. The van der Waals surface area contributed by atoms with Gasteiger partial charge in [-0.2, -0.15) is 0 Å². The summed E-state index contributed by atoms with van der Waals surface area (Å²) in [5, 5.41) is 39.2. The van der Waals surface area contributed by atoms with E-state index in [2.05, 4.69) is 21.3 Å². The zero-order valence-electron chi connectivity index (χ0n) is 25.2. The Balaban J connectivity index is 1.68. The highest BCUT2D eigenvalue weighted by Gasteiger charge is 2.35. The molecule has 0 spiro atoms. The molecule has 0 saturated heterocycles. The van der Waals surface area contributed by atoms with E-state index in [9.17, 15) is 34.2 Å². The SMILES string of the molecule is CC(NC(CCc1ccccc1)C(=O)O)C(=O)NC(C)(C)C(=O)NC(Cc1ccc(O)cc1)C(=O)Nc1ccc(C(=O)O)cc1. The molecule has 0 heterocycles. The molecule has 45 heavy (non-hydrogen) atoms. The van der Waals surface area contributed by atoms with Crippen molar-refractivity contribution in [3.63, 3.8) is 0 Å². The molecule has 0 radical (unpaired) electrons. The van der Waals surface area contributed by atoms with Crippen LogP contribution in [-0.2, 0) is 32.0 Å². The first kappa shape index (κ1) is 34.3. The minimum atomic E-state index is -1.51. The van der Waals surface area contributed by atoms with E-state index in [1.54, 1.807) is 12.1 Å². The number of hydrogen-bond acceptors (Lipinski definition) is 7. The summed E-state index contributed by atoms with van der Waals surface area (Å²) < 4.78 is 0. The number of hydrogen-bond donors (Lipinski definition) is 7. The summed E-state index contributed by atoms with van der Waals surface area (Å²) in [6, 6.07) is 17.9. The van der Waals surface area contributed by atoms with Gasteiger partial charge in [-0.05, 0) is 81.1 Å². The standard InChI is InChI=1S/C33H38N4O8/c1-20(34-26(31(43)44)18-11-21-7-5-4-6-8-21)28(39)37-33(2,3)32(45)36-27(19-22-9-16-25(38)17-10-22)29(40)35-24-14-12-23(13-15-24)30(41)42/h4-10,12-17,20,26-27,34,38H,11,18-19H2,1-3H3,(H,35,40)(H,36,45)(H,37,39)(H,41,42)(H,43,44). The molecule has 3 unspecified atom stereocenters.